The van der Waals surface area contributed by atoms with Crippen LogP contribution in [0.4, 0.5) is 11.4 Å². The second-order valence-electron chi connectivity index (χ2n) is 6.32. The number of carbonyl (C=O) groups excluding carboxylic acids is 1. The molecule has 3 aromatic carbocycles. The van der Waals surface area contributed by atoms with Gasteiger partial charge in [-0.05, 0) is 61.0 Å². The van der Waals surface area contributed by atoms with Crippen molar-refractivity contribution < 1.29 is 13.2 Å². The van der Waals surface area contributed by atoms with Gasteiger partial charge in [-0.15, -0.1) is 0 Å². The summed E-state index contributed by atoms with van der Waals surface area (Å²) in [6.07, 6.45) is 0. The molecule has 0 aliphatic rings. The highest BCUT2D eigenvalue weighted by Gasteiger charge is 2.27. The second kappa shape index (κ2) is 9.11. The first-order valence-corrected chi connectivity index (χ1v) is 11.7. The van der Waals surface area contributed by atoms with E-state index >= 15 is 0 Å². The molecule has 0 fully saturated rings. The third kappa shape index (κ3) is 5.26. The minimum atomic E-state index is -3.93. The van der Waals surface area contributed by atoms with E-state index in [-0.39, 0.29) is 11.4 Å². The SMILES string of the molecule is Cc1cc(NC(=O)CN(c2cccc(Br)c2)S(=O)(=O)c2ccccc2)ccc1Br. The number of anilines is 2. The predicted octanol–water partition coefficient (Wildman–Crippen LogP) is 5.35. The molecular weight excluding hydrogens is 520 g/mol. The second-order valence-corrected chi connectivity index (χ2v) is 9.95. The third-order valence-corrected chi connectivity index (χ3v) is 7.33. The number of nitrogens with zero attached hydrogens (tertiary/aromatic N) is 1. The van der Waals surface area contributed by atoms with E-state index in [1.807, 2.05) is 19.1 Å². The van der Waals surface area contributed by atoms with Gasteiger partial charge in [0.1, 0.15) is 6.54 Å². The molecule has 1 amide bonds. The Balaban J connectivity index is 1.93. The molecule has 3 rings (SSSR count). The van der Waals surface area contributed by atoms with Crippen LogP contribution in [0.2, 0.25) is 0 Å². The van der Waals surface area contributed by atoms with Crippen LogP contribution in [0.15, 0.2) is 86.6 Å². The average molecular weight is 538 g/mol. The van der Waals surface area contributed by atoms with Crippen molar-refractivity contribution in [3.8, 4) is 0 Å². The molecule has 0 saturated heterocycles. The molecule has 0 aliphatic carbocycles. The Morgan fingerprint density at radius 3 is 2.34 bits per heavy atom. The van der Waals surface area contributed by atoms with E-state index in [1.165, 1.54) is 12.1 Å². The fourth-order valence-electron chi connectivity index (χ4n) is 2.72. The molecule has 0 saturated carbocycles. The summed E-state index contributed by atoms with van der Waals surface area (Å²) in [5.74, 6) is -0.439. The van der Waals surface area contributed by atoms with Gasteiger partial charge in [0.05, 0.1) is 10.6 Å². The van der Waals surface area contributed by atoms with Crippen molar-refractivity contribution >= 4 is 59.2 Å². The van der Waals surface area contributed by atoms with Gasteiger partial charge in [-0.1, -0.05) is 56.1 Å². The van der Waals surface area contributed by atoms with E-state index in [0.717, 1.165) is 14.3 Å². The maximum Gasteiger partial charge on any atom is 0.264 e. The van der Waals surface area contributed by atoms with E-state index in [9.17, 15) is 13.2 Å². The Hall–Kier alpha value is -2.16. The van der Waals surface area contributed by atoms with E-state index in [2.05, 4.69) is 37.2 Å². The number of halogens is 2. The molecule has 0 unspecified atom stereocenters. The number of benzene rings is 3. The van der Waals surface area contributed by atoms with Crippen molar-refractivity contribution in [2.75, 3.05) is 16.2 Å². The van der Waals surface area contributed by atoms with Gasteiger partial charge < -0.3 is 5.32 Å². The van der Waals surface area contributed by atoms with E-state index in [4.69, 9.17) is 0 Å². The normalized spacial score (nSPS) is 11.1. The fraction of sp³-hybridized carbons (Fsp3) is 0.0952. The summed E-state index contributed by atoms with van der Waals surface area (Å²) in [7, 11) is -3.93. The van der Waals surface area contributed by atoms with Crippen molar-refractivity contribution in [2.45, 2.75) is 11.8 Å². The number of rotatable bonds is 6. The van der Waals surface area contributed by atoms with Crippen molar-refractivity contribution in [2.24, 2.45) is 0 Å². The summed E-state index contributed by atoms with van der Waals surface area (Å²) in [5.41, 5.74) is 1.95. The number of hydrogen-bond acceptors (Lipinski definition) is 3. The Labute approximate surface area is 187 Å². The lowest BCUT2D eigenvalue weighted by Gasteiger charge is -2.24. The maximum atomic E-state index is 13.3. The Morgan fingerprint density at radius 1 is 0.966 bits per heavy atom. The van der Waals surface area contributed by atoms with Gasteiger partial charge >= 0.3 is 0 Å². The highest BCUT2D eigenvalue weighted by atomic mass is 79.9. The van der Waals surface area contributed by atoms with Crippen LogP contribution < -0.4 is 9.62 Å². The molecule has 150 valence electrons. The van der Waals surface area contributed by atoms with E-state index in [0.29, 0.717) is 15.8 Å². The molecule has 0 spiro atoms. The lowest BCUT2D eigenvalue weighted by molar-refractivity contribution is -0.114. The molecule has 0 aromatic heterocycles. The summed E-state index contributed by atoms with van der Waals surface area (Å²) in [4.78, 5) is 12.8. The summed E-state index contributed by atoms with van der Waals surface area (Å²) in [6, 6.07) is 20.3. The van der Waals surface area contributed by atoms with Crippen LogP contribution in [-0.2, 0) is 14.8 Å². The number of nitrogens with one attached hydrogen (secondary N) is 1. The molecule has 5 nitrogen and oxygen atoms in total. The number of sulfonamides is 1. The zero-order valence-corrected chi connectivity index (χ0v) is 19.5. The first kappa shape index (κ1) is 21.5. The third-order valence-electron chi connectivity index (χ3n) is 4.16. The van der Waals surface area contributed by atoms with Crippen LogP contribution in [0.1, 0.15) is 5.56 Å². The van der Waals surface area contributed by atoms with Crippen LogP contribution in [0.5, 0.6) is 0 Å². The monoisotopic (exact) mass is 536 g/mol. The smallest absolute Gasteiger partial charge is 0.264 e. The zero-order chi connectivity index (χ0) is 21.0. The molecule has 29 heavy (non-hydrogen) atoms. The predicted molar refractivity (Wildman–Crippen MR) is 123 cm³/mol. The summed E-state index contributed by atoms with van der Waals surface area (Å²) < 4.78 is 29.3. The van der Waals surface area contributed by atoms with Gasteiger partial charge in [0.2, 0.25) is 5.91 Å². The molecule has 0 heterocycles. The summed E-state index contributed by atoms with van der Waals surface area (Å²) in [6.45, 7) is 1.55. The topological polar surface area (TPSA) is 66.5 Å². The standard InChI is InChI=1S/C21H18Br2N2O3S/c1-15-12-17(10-11-20(15)23)24-21(26)14-25(18-7-5-6-16(22)13-18)29(27,28)19-8-3-2-4-9-19/h2-13H,14H2,1H3,(H,24,26). The lowest BCUT2D eigenvalue weighted by atomic mass is 10.2. The minimum Gasteiger partial charge on any atom is -0.325 e. The number of hydrogen-bond donors (Lipinski definition) is 1. The van der Waals surface area contributed by atoms with Gasteiger partial charge in [-0.3, -0.25) is 9.10 Å². The summed E-state index contributed by atoms with van der Waals surface area (Å²) in [5, 5.41) is 2.77. The van der Waals surface area contributed by atoms with Gasteiger partial charge in [-0.25, -0.2) is 8.42 Å². The molecule has 3 aromatic rings. The zero-order valence-electron chi connectivity index (χ0n) is 15.5. The highest BCUT2D eigenvalue weighted by Crippen LogP contribution is 2.26. The molecular formula is C21H18Br2N2O3S. The molecule has 0 aliphatic heterocycles. The first-order chi connectivity index (χ1) is 13.8. The number of carbonyl (C=O) groups is 1. The van der Waals surface area contributed by atoms with Crippen LogP contribution in [-0.4, -0.2) is 20.9 Å². The van der Waals surface area contributed by atoms with Crippen LogP contribution in [0, 0.1) is 6.92 Å². The van der Waals surface area contributed by atoms with Crippen molar-refractivity contribution in [3.63, 3.8) is 0 Å². The molecule has 8 heteroatoms. The molecule has 0 atom stereocenters. The van der Waals surface area contributed by atoms with Crippen molar-refractivity contribution in [1.82, 2.24) is 0 Å². The number of amides is 1. The maximum absolute atomic E-state index is 13.3. The van der Waals surface area contributed by atoms with Gasteiger partial charge in [0, 0.05) is 14.6 Å². The van der Waals surface area contributed by atoms with Crippen LogP contribution in [0.25, 0.3) is 0 Å². The molecule has 0 bridgehead atoms. The highest BCUT2D eigenvalue weighted by molar-refractivity contribution is 9.10. The van der Waals surface area contributed by atoms with Crippen molar-refractivity contribution in [1.29, 1.82) is 0 Å². The van der Waals surface area contributed by atoms with Crippen LogP contribution in [0.3, 0.4) is 0 Å². The Morgan fingerprint density at radius 2 is 1.69 bits per heavy atom. The molecule has 1 N–H and O–H groups in total. The fourth-order valence-corrected chi connectivity index (χ4v) is 4.79. The number of aryl methyl sites for hydroxylation is 1. The Kier molecular flexibility index (Phi) is 6.77. The van der Waals surface area contributed by atoms with Gasteiger partial charge in [0.15, 0.2) is 0 Å². The van der Waals surface area contributed by atoms with Crippen LogP contribution >= 0.6 is 31.9 Å². The van der Waals surface area contributed by atoms with Gasteiger partial charge in [0.25, 0.3) is 10.0 Å². The molecule has 0 radical (unpaired) electrons. The van der Waals surface area contributed by atoms with Crippen molar-refractivity contribution in [3.05, 3.63) is 87.3 Å². The lowest BCUT2D eigenvalue weighted by Crippen LogP contribution is -2.38. The largest absolute Gasteiger partial charge is 0.325 e. The Bertz CT molecular complexity index is 1140. The van der Waals surface area contributed by atoms with Gasteiger partial charge in [-0.2, -0.15) is 0 Å². The summed E-state index contributed by atoms with van der Waals surface area (Å²) >= 11 is 6.78. The minimum absolute atomic E-state index is 0.118. The average Bonchev–Trinajstić information content (AvgIpc) is 2.69. The van der Waals surface area contributed by atoms with E-state index < -0.39 is 15.9 Å². The quantitative estimate of drug-likeness (QED) is 0.460. The first-order valence-electron chi connectivity index (χ1n) is 8.67. The van der Waals surface area contributed by atoms with E-state index in [1.54, 1.807) is 48.5 Å².